The Hall–Kier alpha value is -2.23. The normalized spacial score (nSPS) is 12.0. The third-order valence-electron chi connectivity index (χ3n) is 3.70. The van der Waals surface area contributed by atoms with E-state index in [9.17, 15) is 0 Å². The fourth-order valence-electron chi connectivity index (χ4n) is 2.49. The van der Waals surface area contributed by atoms with Gasteiger partial charge in [0.1, 0.15) is 6.10 Å². The van der Waals surface area contributed by atoms with Crippen LogP contribution in [0.4, 0.5) is 5.82 Å². The molecule has 0 saturated carbocycles. The first-order valence-corrected chi connectivity index (χ1v) is 8.23. The zero-order valence-corrected chi connectivity index (χ0v) is 14.6. The average Bonchev–Trinajstić information content (AvgIpc) is 2.57. The van der Waals surface area contributed by atoms with Gasteiger partial charge in [-0.25, -0.2) is 4.98 Å². The molecule has 24 heavy (non-hydrogen) atoms. The fraction of sp³-hybridized carbons (Fsp3) is 0.105. The molecular weight excluding hydrogens is 343 g/mol. The highest BCUT2D eigenvalue weighted by atomic mass is 35.5. The Morgan fingerprint density at radius 1 is 0.958 bits per heavy atom. The Kier molecular flexibility index (Phi) is 4.93. The molecule has 0 bridgehead atoms. The summed E-state index contributed by atoms with van der Waals surface area (Å²) in [5, 5.41) is 1.11. The van der Waals surface area contributed by atoms with Crippen molar-refractivity contribution >= 4 is 29.0 Å². The molecule has 0 aliphatic carbocycles. The molecule has 0 amide bonds. The van der Waals surface area contributed by atoms with Crippen LogP contribution in [0.2, 0.25) is 10.0 Å². The largest absolute Gasteiger partial charge is 0.482 e. The van der Waals surface area contributed by atoms with Gasteiger partial charge in [-0.15, -0.1) is 0 Å². The van der Waals surface area contributed by atoms with Crippen LogP contribution in [0.15, 0.2) is 60.8 Å². The molecule has 5 heteroatoms. The second kappa shape index (κ2) is 7.12. The molecule has 3 rings (SSSR count). The van der Waals surface area contributed by atoms with Crippen molar-refractivity contribution < 1.29 is 4.74 Å². The van der Waals surface area contributed by atoms with Gasteiger partial charge in [0.05, 0.1) is 0 Å². The first kappa shape index (κ1) is 16.6. The second-order valence-corrected chi connectivity index (χ2v) is 6.18. The molecule has 2 aromatic carbocycles. The number of hydrogen-bond donors (Lipinski definition) is 1. The van der Waals surface area contributed by atoms with E-state index in [2.05, 4.69) is 4.98 Å². The van der Waals surface area contributed by atoms with Crippen molar-refractivity contribution in [2.75, 3.05) is 5.73 Å². The minimum atomic E-state index is -0.360. The summed E-state index contributed by atoms with van der Waals surface area (Å²) < 4.78 is 6.00. The third-order valence-corrected chi connectivity index (χ3v) is 4.36. The maximum Gasteiger partial charge on any atom is 0.166 e. The molecule has 0 aliphatic heterocycles. The van der Waals surface area contributed by atoms with Crippen LogP contribution in [0.1, 0.15) is 18.6 Å². The van der Waals surface area contributed by atoms with Crippen molar-refractivity contribution in [2.45, 2.75) is 13.0 Å². The van der Waals surface area contributed by atoms with Gasteiger partial charge in [-0.2, -0.15) is 0 Å². The number of pyridine rings is 1. The smallest absolute Gasteiger partial charge is 0.166 e. The molecule has 0 saturated heterocycles. The molecule has 1 unspecified atom stereocenters. The van der Waals surface area contributed by atoms with Crippen molar-refractivity contribution in [1.82, 2.24) is 4.98 Å². The summed E-state index contributed by atoms with van der Waals surface area (Å²) in [7, 11) is 0. The van der Waals surface area contributed by atoms with Crippen molar-refractivity contribution in [3.8, 4) is 16.9 Å². The van der Waals surface area contributed by atoms with Crippen LogP contribution >= 0.6 is 23.2 Å². The van der Waals surface area contributed by atoms with Gasteiger partial charge >= 0.3 is 0 Å². The van der Waals surface area contributed by atoms with E-state index < -0.39 is 0 Å². The summed E-state index contributed by atoms with van der Waals surface area (Å²) in [4.78, 5) is 4.23. The number of nitrogen functional groups attached to an aromatic ring is 1. The zero-order chi connectivity index (χ0) is 17.1. The van der Waals surface area contributed by atoms with Crippen LogP contribution in [-0.4, -0.2) is 4.98 Å². The SMILES string of the molecule is CC(Oc1cc(-c2ccccc2)cnc1N)c1c(Cl)cccc1Cl. The number of nitrogens with two attached hydrogens (primary N) is 1. The predicted molar refractivity (Wildman–Crippen MR) is 99.6 cm³/mol. The van der Waals surface area contributed by atoms with Crippen LogP contribution in [0.3, 0.4) is 0 Å². The van der Waals surface area contributed by atoms with Crippen molar-refractivity contribution in [3.05, 3.63) is 76.4 Å². The zero-order valence-electron chi connectivity index (χ0n) is 13.0. The monoisotopic (exact) mass is 358 g/mol. The van der Waals surface area contributed by atoms with Crippen molar-refractivity contribution in [2.24, 2.45) is 0 Å². The maximum absolute atomic E-state index is 6.25. The van der Waals surface area contributed by atoms with E-state index >= 15 is 0 Å². The fourth-order valence-corrected chi connectivity index (χ4v) is 3.19. The van der Waals surface area contributed by atoms with Crippen LogP contribution in [0.25, 0.3) is 11.1 Å². The summed E-state index contributed by atoms with van der Waals surface area (Å²) in [5.74, 6) is 0.824. The van der Waals surface area contributed by atoms with E-state index in [1.54, 1.807) is 24.4 Å². The quantitative estimate of drug-likeness (QED) is 0.643. The van der Waals surface area contributed by atoms with Gasteiger partial charge in [-0.1, -0.05) is 59.6 Å². The minimum Gasteiger partial charge on any atom is -0.482 e. The van der Waals surface area contributed by atoms with Crippen LogP contribution in [-0.2, 0) is 0 Å². The molecule has 3 aromatic rings. The van der Waals surface area contributed by atoms with Gasteiger partial charge in [0.25, 0.3) is 0 Å². The first-order chi connectivity index (χ1) is 11.6. The molecule has 1 aromatic heterocycles. The molecule has 1 heterocycles. The van der Waals surface area contributed by atoms with Crippen LogP contribution < -0.4 is 10.5 Å². The van der Waals surface area contributed by atoms with E-state index in [-0.39, 0.29) is 6.10 Å². The highest BCUT2D eigenvalue weighted by Crippen LogP contribution is 2.35. The Balaban J connectivity index is 1.92. The number of halogens is 2. The number of ether oxygens (including phenoxy) is 1. The van der Waals surface area contributed by atoms with Crippen LogP contribution in [0.5, 0.6) is 5.75 Å². The molecule has 0 radical (unpaired) electrons. The third kappa shape index (κ3) is 3.48. The Bertz CT molecular complexity index is 833. The lowest BCUT2D eigenvalue weighted by Crippen LogP contribution is -2.07. The standard InChI is InChI=1S/C19H16Cl2N2O/c1-12(18-15(20)8-5-9-16(18)21)24-17-10-14(11-23-19(17)22)13-6-3-2-4-7-13/h2-12H,1H3,(H2,22,23). The highest BCUT2D eigenvalue weighted by molar-refractivity contribution is 6.36. The lowest BCUT2D eigenvalue weighted by Gasteiger charge is -2.19. The number of nitrogens with zero attached hydrogens (tertiary/aromatic N) is 1. The molecule has 0 spiro atoms. The van der Waals surface area contributed by atoms with Gasteiger partial charge in [0.2, 0.25) is 0 Å². The first-order valence-electron chi connectivity index (χ1n) is 7.48. The van der Waals surface area contributed by atoms with E-state index in [4.69, 9.17) is 33.7 Å². The second-order valence-electron chi connectivity index (χ2n) is 5.37. The Morgan fingerprint density at radius 3 is 2.29 bits per heavy atom. The van der Waals surface area contributed by atoms with Crippen molar-refractivity contribution in [3.63, 3.8) is 0 Å². The predicted octanol–water partition coefficient (Wildman–Crippen LogP) is 5.78. The summed E-state index contributed by atoms with van der Waals surface area (Å²) in [6.45, 7) is 1.88. The molecule has 2 N–H and O–H groups in total. The summed E-state index contributed by atoms with van der Waals surface area (Å²) >= 11 is 12.5. The Labute approximate surface area is 151 Å². The van der Waals surface area contributed by atoms with Gasteiger partial charge in [0.15, 0.2) is 11.6 Å². The number of hydrogen-bond acceptors (Lipinski definition) is 3. The van der Waals surface area contributed by atoms with E-state index in [0.29, 0.717) is 21.6 Å². The molecule has 0 aliphatic rings. The maximum atomic E-state index is 6.25. The highest BCUT2D eigenvalue weighted by Gasteiger charge is 2.17. The molecule has 1 atom stereocenters. The Morgan fingerprint density at radius 2 is 1.62 bits per heavy atom. The van der Waals surface area contributed by atoms with E-state index in [1.807, 2.05) is 43.3 Å². The lowest BCUT2D eigenvalue weighted by molar-refractivity contribution is 0.228. The summed E-state index contributed by atoms with van der Waals surface area (Å²) in [5.41, 5.74) is 8.66. The van der Waals surface area contributed by atoms with Crippen LogP contribution in [0, 0.1) is 0 Å². The summed E-state index contributed by atoms with van der Waals surface area (Å²) in [6.07, 6.45) is 1.37. The van der Waals surface area contributed by atoms with Gasteiger partial charge in [-0.3, -0.25) is 0 Å². The van der Waals surface area contributed by atoms with E-state index in [0.717, 1.165) is 16.7 Å². The number of anilines is 1. The summed E-state index contributed by atoms with van der Waals surface area (Å²) in [6, 6.07) is 17.2. The number of aromatic nitrogens is 1. The number of rotatable bonds is 4. The molecule has 0 fully saturated rings. The molecule has 3 nitrogen and oxygen atoms in total. The minimum absolute atomic E-state index is 0.324. The number of benzene rings is 2. The lowest BCUT2D eigenvalue weighted by atomic mass is 10.1. The average molecular weight is 359 g/mol. The van der Waals surface area contributed by atoms with Gasteiger partial charge < -0.3 is 10.5 Å². The van der Waals surface area contributed by atoms with Gasteiger partial charge in [-0.05, 0) is 30.7 Å². The molecular formula is C19H16Cl2N2O. The van der Waals surface area contributed by atoms with Crippen molar-refractivity contribution in [1.29, 1.82) is 0 Å². The molecule has 122 valence electrons. The van der Waals surface area contributed by atoms with Gasteiger partial charge in [0, 0.05) is 27.4 Å². The van der Waals surface area contributed by atoms with E-state index in [1.165, 1.54) is 0 Å². The topological polar surface area (TPSA) is 48.1 Å².